The van der Waals surface area contributed by atoms with E-state index in [9.17, 15) is 5.11 Å². The van der Waals surface area contributed by atoms with E-state index in [0.717, 1.165) is 29.2 Å². The molecule has 2 rings (SSSR count). The first kappa shape index (κ1) is 27.0. The highest BCUT2D eigenvalue weighted by molar-refractivity contribution is 14.0. The fourth-order valence-corrected chi connectivity index (χ4v) is 2.65. The number of ether oxygens (including phenoxy) is 3. The summed E-state index contributed by atoms with van der Waals surface area (Å²) in [6, 6.07) is 15.4. The van der Waals surface area contributed by atoms with Crippen LogP contribution in [0.1, 0.15) is 18.9 Å². The molecule has 1 atom stereocenters. The Hall–Kier alpha value is -2.04. The third kappa shape index (κ3) is 11.2. The topological polar surface area (TPSA) is 84.3 Å². The van der Waals surface area contributed by atoms with E-state index >= 15 is 0 Å². The van der Waals surface area contributed by atoms with Crippen molar-refractivity contribution in [2.75, 3.05) is 45.3 Å². The summed E-state index contributed by atoms with van der Waals surface area (Å²) in [7, 11) is 1.68. The zero-order valence-corrected chi connectivity index (χ0v) is 20.8. The molecule has 0 saturated carbocycles. The summed E-state index contributed by atoms with van der Waals surface area (Å²) in [6.07, 6.45) is 0.122. The number of aryl methyl sites for hydroxylation is 1. The lowest BCUT2D eigenvalue weighted by atomic mass is 10.2. The minimum atomic E-state index is -0.712. The molecule has 0 aliphatic heterocycles. The Bertz CT molecular complexity index is 789. The number of hydrogen-bond acceptors (Lipinski definition) is 5. The molecule has 1 unspecified atom stereocenters. The maximum atomic E-state index is 10.2. The van der Waals surface area contributed by atoms with Crippen molar-refractivity contribution in [2.24, 2.45) is 4.99 Å². The van der Waals surface area contributed by atoms with Crippen LogP contribution in [-0.2, 0) is 4.74 Å². The predicted molar refractivity (Wildman–Crippen MR) is 136 cm³/mol. The van der Waals surface area contributed by atoms with E-state index in [1.807, 2.05) is 62.4 Å². The molecule has 0 amide bonds. The number of hydrogen-bond donors (Lipinski definition) is 3. The molecule has 0 aliphatic rings. The van der Waals surface area contributed by atoms with Crippen molar-refractivity contribution in [3.8, 4) is 11.5 Å². The average Bonchev–Trinajstić information content (AvgIpc) is 2.74. The zero-order valence-electron chi connectivity index (χ0n) is 18.5. The van der Waals surface area contributed by atoms with E-state index in [2.05, 4.69) is 15.6 Å². The Morgan fingerprint density at radius 2 is 1.81 bits per heavy atom. The molecule has 0 aromatic heterocycles. The van der Waals surface area contributed by atoms with Gasteiger partial charge in [-0.15, -0.1) is 24.0 Å². The molecule has 0 radical (unpaired) electrons. The summed E-state index contributed by atoms with van der Waals surface area (Å²) in [6.45, 7) is 6.36. The lowest BCUT2D eigenvalue weighted by Crippen LogP contribution is -2.32. The summed E-state index contributed by atoms with van der Waals surface area (Å²) in [5.41, 5.74) is 1.97. The van der Waals surface area contributed by atoms with Crippen molar-refractivity contribution in [1.82, 2.24) is 5.32 Å². The summed E-state index contributed by atoms with van der Waals surface area (Å²) in [4.78, 5) is 4.46. The Kier molecular flexibility index (Phi) is 13.7. The van der Waals surface area contributed by atoms with Crippen LogP contribution in [0.3, 0.4) is 0 Å². The molecule has 2 aromatic rings. The first-order valence-corrected chi connectivity index (χ1v) is 10.3. The van der Waals surface area contributed by atoms with Gasteiger partial charge in [0.2, 0.25) is 0 Å². The lowest BCUT2D eigenvalue weighted by molar-refractivity contribution is 0.114. The standard InChI is InChI=1S/C23H33N3O4.HI/c1-4-24-23(25-16-20(27)17-30-21-10-5-8-18(2)14-21)26-19-9-6-11-22(15-19)29-13-7-12-28-3;/h5-6,8-11,14-15,20,27H,4,7,12-13,16-17H2,1-3H3,(H2,24,25,26);1H. The maximum Gasteiger partial charge on any atom is 0.195 e. The molecular weight excluding hydrogens is 509 g/mol. The number of guanidine groups is 1. The molecule has 0 heterocycles. The minimum Gasteiger partial charge on any atom is -0.493 e. The van der Waals surface area contributed by atoms with Gasteiger partial charge in [0.05, 0.1) is 13.2 Å². The van der Waals surface area contributed by atoms with Gasteiger partial charge in [0.1, 0.15) is 24.2 Å². The van der Waals surface area contributed by atoms with Crippen molar-refractivity contribution in [1.29, 1.82) is 0 Å². The number of aliphatic hydroxyl groups is 1. The van der Waals surface area contributed by atoms with E-state index in [1.54, 1.807) is 7.11 Å². The van der Waals surface area contributed by atoms with Gasteiger partial charge in [0, 0.05) is 38.4 Å². The Morgan fingerprint density at radius 3 is 2.52 bits per heavy atom. The van der Waals surface area contributed by atoms with Crippen LogP contribution in [0.2, 0.25) is 0 Å². The number of methoxy groups -OCH3 is 1. The van der Waals surface area contributed by atoms with E-state index in [-0.39, 0.29) is 37.1 Å². The fraction of sp³-hybridized carbons (Fsp3) is 0.435. The minimum absolute atomic E-state index is 0. The number of aliphatic hydroxyl groups excluding tert-OH is 1. The van der Waals surface area contributed by atoms with Crippen molar-refractivity contribution in [3.63, 3.8) is 0 Å². The van der Waals surface area contributed by atoms with Crippen molar-refractivity contribution >= 4 is 35.6 Å². The van der Waals surface area contributed by atoms with Gasteiger partial charge in [0.15, 0.2) is 5.96 Å². The lowest BCUT2D eigenvalue weighted by Gasteiger charge is -2.15. The van der Waals surface area contributed by atoms with Gasteiger partial charge in [-0.2, -0.15) is 0 Å². The number of nitrogens with zero attached hydrogens (tertiary/aromatic N) is 1. The number of halogens is 1. The van der Waals surface area contributed by atoms with Crippen LogP contribution in [0.15, 0.2) is 53.5 Å². The number of benzene rings is 2. The quantitative estimate of drug-likeness (QED) is 0.163. The van der Waals surface area contributed by atoms with Crippen LogP contribution in [0, 0.1) is 6.92 Å². The van der Waals surface area contributed by atoms with Gasteiger partial charge < -0.3 is 30.0 Å². The number of rotatable bonds is 12. The molecule has 8 heteroatoms. The van der Waals surface area contributed by atoms with Crippen LogP contribution in [0.4, 0.5) is 5.69 Å². The maximum absolute atomic E-state index is 10.2. The molecule has 7 nitrogen and oxygen atoms in total. The second-order valence-corrected chi connectivity index (χ2v) is 6.85. The summed E-state index contributed by atoms with van der Waals surface area (Å²) in [5, 5.41) is 16.6. The average molecular weight is 543 g/mol. The molecule has 0 spiro atoms. The number of nitrogens with one attached hydrogen (secondary N) is 2. The Labute approximate surface area is 202 Å². The van der Waals surface area contributed by atoms with Gasteiger partial charge in [-0.3, -0.25) is 4.99 Å². The molecule has 0 bridgehead atoms. The predicted octanol–water partition coefficient (Wildman–Crippen LogP) is 3.85. The fourth-order valence-electron chi connectivity index (χ4n) is 2.65. The first-order chi connectivity index (χ1) is 14.6. The highest BCUT2D eigenvalue weighted by atomic mass is 127. The van der Waals surface area contributed by atoms with Gasteiger partial charge in [-0.25, -0.2) is 0 Å². The van der Waals surface area contributed by atoms with Crippen molar-refractivity contribution in [2.45, 2.75) is 26.4 Å². The molecule has 0 fully saturated rings. The number of anilines is 1. The highest BCUT2D eigenvalue weighted by Gasteiger charge is 2.07. The van der Waals surface area contributed by atoms with Crippen LogP contribution in [0.5, 0.6) is 11.5 Å². The highest BCUT2D eigenvalue weighted by Crippen LogP contribution is 2.17. The summed E-state index contributed by atoms with van der Waals surface area (Å²) >= 11 is 0. The normalized spacial score (nSPS) is 11.9. The van der Waals surface area contributed by atoms with Crippen LogP contribution in [0.25, 0.3) is 0 Å². The molecule has 0 aliphatic carbocycles. The number of aliphatic imine (C=N–C) groups is 1. The third-order valence-electron chi connectivity index (χ3n) is 4.09. The smallest absolute Gasteiger partial charge is 0.195 e. The van der Waals surface area contributed by atoms with Gasteiger partial charge >= 0.3 is 0 Å². The largest absolute Gasteiger partial charge is 0.493 e. The molecule has 31 heavy (non-hydrogen) atoms. The molecule has 172 valence electrons. The van der Waals surface area contributed by atoms with E-state index in [4.69, 9.17) is 14.2 Å². The molecule has 0 saturated heterocycles. The molecule has 2 aromatic carbocycles. The zero-order chi connectivity index (χ0) is 21.6. The molecule has 3 N–H and O–H groups in total. The molecular formula is C23H34IN3O4. The van der Waals surface area contributed by atoms with Gasteiger partial charge in [0.25, 0.3) is 0 Å². The van der Waals surface area contributed by atoms with Crippen LogP contribution >= 0.6 is 24.0 Å². The first-order valence-electron chi connectivity index (χ1n) is 10.3. The Morgan fingerprint density at radius 1 is 1.06 bits per heavy atom. The van der Waals surface area contributed by atoms with E-state index in [0.29, 0.717) is 25.7 Å². The van der Waals surface area contributed by atoms with E-state index in [1.165, 1.54) is 0 Å². The second kappa shape index (κ2) is 15.7. The summed E-state index contributed by atoms with van der Waals surface area (Å²) in [5.74, 6) is 2.10. The van der Waals surface area contributed by atoms with Crippen LogP contribution < -0.4 is 20.1 Å². The third-order valence-corrected chi connectivity index (χ3v) is 4.09. The van der Waals surface area contributed by atoms with Crippen molar-refractivity contribution in [3.05, 3.63) is 54.1 Å². The monoisotopic (exact) mass is 543 g/mol. The van der Waals surface area contributed by atoms with Gasteiger partial charge in [-0.05, 0) is 43.7 Å². The van der Waals surface area contributed by atoms with E-state index < -0.39 is 6.10 Å². The Balaban J connectivity index is 0.00000480. The SMILES string of the molecule is CCNC(=NCC(O)COc1cccc(C)c1)Nc1cccc(OCCCOC)c1.I. The van der Waals surface area contributed by atoms with Gasteiger partial charge in [-0.1, -0.05) is 18.2 Å². The van der Waals surface area contributed by atoms with Crippen molar-refractivity contribution < 1.29 is 19.3 Å². The second-order valence-electron chi connectivity index (χ2n) is 6.85. The van der Waals surface area contributed by atoms with Crippen LogP contribution in [-0.4, -0.2) is 57.2 Å². The summed E-state index contributed by atoms with van der Waals surface area (Å²) < 4.78 is 16.4.